The molecular weight excluding hydrogens is 447 g/mol. The maximum Gasteiger partial charge on any atom is 0.410 e. The molecule has 33 heavy (non-hydrogen) atoms. The van der Waals surface area contributed by atoms with Gasteiger partial charge in [0.2, 0.25) is 0 Å². The molecule has 178 valence electrons. The van der Waals surface area contributed by atoms with Gasteiger partial charge in [-0.05, 0) is 45.0 Å². The Labute approximate surface area is 194 Å². The fraction of sp³-hybridized carbons (Fsp3) is 0.435. The number of nitrogens with zero attached hydrogens (tertiary/aromatic N) is 4. The lowest BCUT2D eigenvalue weighted by molar-refractivity contribution is 0.0148. The molecule has 2 aliphatic rings. The SMILES string of the molecule is CC(C)(C)OC(=O)N1CCN(CCN2c3ccccc3N(c3ccccc3F)S2(=O)=O)CC1. The number of hydrogen-bond acceptors (Lipinski definition) is 5. The molecule has 1 fully saturated rings. The van der Waals surface area contributed by atoms with Gasteiger partial charge in [-0.3, -0.25) is 4.90 Å². The van der Waals surface area contributed by atoms with E-state index in [1.807, 2.05) is 20.8 Å². The molecule has 2 aromatic rings. The first kappa shape index (κ1) is 23.3. The maximum atomic E-state index is 14.5. The molecule has 0 atom stereocenters. The third-order valence-corrected chi connectivity index (χ3v) is 7.38. The summed E-state index contributed by atoms with van der Waals surface area (Å²) in [5.74, 6) is -0.601. The second-order valence-electron chi connectivity index (χ2n) is 9.09. The molecule has 0 unspecified atom stereocenters. The van der Waals surface area contributed by atoms with Crippen LogP contribution in [0.25, 0.3) is 0 Å². The van der Waals surface area contributed by atoms with Crippen molar-refractivity contribution in [3.8, 4) is 0 Å². The smallest absolute Gasteiger partial charge is 0.410 e. The standard InChI is InChI=1S/C23H29FN4O4S/c1-23(2,3)32-22(29)26-15-12-25(13-16-26)14-17-27-20-10-6-7-11-21(20)28(33(27,30)31)19-9-5-4-8-18(19)24/h4-11H,12-17H2,1-3H3. The van der Waals surface area contributed by atoms with E-state index in [0.29, 0.717) is 44.1 Å². The molecule has 0 aliphatic carbocycles. The van der Waals surface area contributed by atoms with Gasteiger partial charge >= 0.3 is 16.3 Å². The number of hydrogen-bond donors (Lipinski definition) is 0. The van der Waals surface area contributed by atoms with Crippen molar-refractivity contribution in [2.24, 2.45) is 0 Å². The van der Waals surface area contributed by atoms with Crippen LogP contribution in [0.5, 0.6) is 0 Å². The zero-order valence-corrected chi connectivity index (χ0v) is 19.9. The van der Waals surface area contributed by atoms with E-state index >= 15 is 0 Å². The molecule has 0 N–H and O–H groups in total. The van der Waals surface area contributed by atoms with E-state index in [-0.39, 0.29) is 18.3 Å². The van der Waals surface area contributed by atoms with Gasteiger partial charge in [0.1, 0.15) is 11.4 Å². The first-order valence-electron chi connectivity index (χ1n) is 10.9. The van der Waals surface area contributed by atoms with Gasteiger partial charge in [-0.15, -0.1) is 0 Å². The highest BCUT2D eigenvalue weighted by Crippen LogP contribution is 2.45. The molecule has 0 saturated carbocycles. The van der Waals surface area contributed by atoms with Crippen molar-refractivity contribution in [3.05, 3.63) is 54.3 Å². The minimum atomic E-state index is -3.99. The lowest BCUT2D eigenvalue weighted by Gasteiger charge is -2.36. The predicted octanol–water partition coefficient (Wildman–Crippen LogP) is 3.58. The molecule has 2 heterocycles. The lowest BCUT2D eigenvalue weighted by Crippen LogP contribution is -2.51. The number of rotatable bonds is 4. The second-order valence-corrected chi connectivity index (χ2v) is 10.8. The van der Waals surface area contributed by atoms with Crippen LogP contribution in [-0.2, 0) is 14.9 Å². The summed E-state index contributed by atoms with van der Waals surface area (Å²) in [5.41, 5.74) is 0.402. The molecule has 0 spiro atoms. The van der Waals surface area contributed by atoms with Crippen molar-refractivity contribution in [1.29, 1.82) is 0 Å². The van der Waals surface area contributed by atoms with E-state index in [2.05, 4.69) is 4.90 Å². The first-order chi connectivity index (χ1) is 15.6. The van der Waals surface area contributed by atoms with E-state index in [1.54, 1.807) is 35.2 Å². The highest BCUT2D eigenvalue weighted by molar-refractivity contribution is 7.95. The Kier molecular flexibility index (Phi) is 6.24. The third-order valence-electron chi connectivity index (χ3n) is 5.59. The molecule has 0 radical (unpaired) electrons. The van der Waals surface area contributed by atoms with Gasteiger partial charge in [0.05, 0.1) is 17.1 Å². The highest BCUT2D eigenvalue weighted by Gasteiger charge is 2.42. The van der Waals surface area contributed by atoms with Crippen molar-refractivity contribution in [1.82, 2.24) is 9.80 Å². The molecule has 0 aromatic heterocycles. The van der Waals surface area contributed by atoms with Gasteiger partial charge in [-0.2, -0.15) is 8.42 Å². The van der Waals surface area contributed by atoms with Crippen molar-refractivity contribution < 1.29 is 22.3 Å². The number of para-hydroxylation sites is 3. The minimum Gasteiger partial charge on any atom is -0.444 e. The highest BCUT2D eigenvalue weighted by atomic mass is 32.2. The molecule has 10 heteroatoms. The molecule has 4 rings (SSSR count). The Morgan fingerprint density at radius 1 is 0.909 bits per heavy atom. The third kappa shape index (κ3) is 4.77. The van der Waals surface area contributed by atoms with Crippen LogP contribution in [0, 0.1) is 5.82 Å². The number of benzene rings is 2. The monoisotopic (exact) mass is 476 g/mol. The molecule has 2 aromatic carbocycles. The van der Waals surface area contributed by atoms with Crippen LogP contribution in [0.4, 0.5) is 26.2 Å². The van der Waals surface area contributed by atoms with Crippen molar-refractivity contribution >= 4 is 33.4 Å². The summed E-state index contributed by atoms with van der Waals surface area (Å²) in [6.45, 7) is 8.47. The van der Waals surface area contributed by atoms with E-state index in [4.69, 9.17) is 4.74 Å². The van der Waals surface area contributed by atoms with Crippen LogP contribution in [-0.4, -0.2) is 69.2 Å². The van der Waals surface area contributed by atoms with Crippen molar-refractivity contribution in [2.45, 2.75) is 26.4 Å². The van der Waals surface area contributed by atoms with Gasteiger partial charge in [0.15, 0.2) is 0 Å². The topological polar surface area (TPSA) is 73.4 Å². The zero-order chi connectivity index (χ0) is 23.8. The van der Waals surface area contributed by atoms with Crippen LogP contribution in [0.2, 0.25) is 0 Å². The summed E-state index contributed by atoms with van der Waals surface area (Å²) in [6, 6.07) is 12.8. The Morgan fingerprint density at radius 2 is 1.48 bits per heavy atom. The lowest BCUT2D eigenvalue weighted by atomic mass is 10.2. The Bertz CT molecular complexity index is 1130. The van der Waals surface area contributed by atoms with Gasteiger partial charge in [0.25, 0.3) is 0 Å². The zero-order valence-electron chi connectivity index (χ0n) is 19.1. The Hall–Kier alpha value is -2.85. The number of fused-ring (bicyclic) bond motifs is 1. The first-order valence-corrected chi connectivity index (χ1v) is 12.3. The average molecular weight is 477 g/mol. The summed E-state index contributed by atoms with van der Waals surface area (Å²) in [4.78, 5) is 16.1. The Balaban J connectivity index is 1.45. The van der Waals surface area contributed by atoms with Crippen LogP contribution in [0.3, 0.4) is 0 Å². The maximum absolute atomic E-state index is 14.5. The number of anilines is 3. The van der Waals surface area contributed by atoms with E-state index in [0.717, 1.165) is 4.31 Å². The summed E-state index contributed by atoms with van der Waals surface area (Å²) < 4.78 is 49.2. The normalized spacial score (nSPS) is 18.4. The van der Waals surface area contributed by atoms with Crippen LogP contribution in [0.1, 0.15) is 20.8 Å². The van der Waals surface area contributed by atoms with Gasteiger partial charge in [-0.1, -0.05) is 24.3 Å². The number of carbonyl (C=O) groups is 1. The van der Waals surface area contributed by atoms with E-state index < -0.39 is 21.6 Å². The van der Waals surface area contributed by atoms with Crippen molar-refractivity contribution in [2.75, 3.05) is 47.9 Å². The number of ether oxygens (including phenoxy) is 1. The number of amides is 1. The second kappa shape index (κ2) is 8.83. The molecular formula is C23H29FN4O4S. The number of halogens is 1. The fourth-order valence-electron chi connectivity index (χ4n) is 4.01. The molecule has 8 nitrogen and oxygen atoms in total. The summed E-state index contributed by atoms with van der Waals surface area (Å²) >= 11 is 0. The fourth-order valence-corrected chi connectivity index (χ4v) is 5.73. The largest absolute Gasteiger partial charge is 0.444 e. The Morgan fingerprint density at radius 3 is 2.09 bits per heavy atom. The molecule has 1 amide bonds. The predicted molar refractivity (Wildman–Crippen MR) is 125 cm³/mol. The van der Waals surface area contributed by atoms with Gasteiger partial charge in [-0.25, -0.2) is 17.8 Å². The van der Waals surface area contributed by atoms with Crippen LogP contribution >= 0.6 is 0 Å². The average Bonchev–Trinajstić information content (AvgIpc) is 2.97. The van der Waals surface area contributed by atoms with E-state index in [1.165, 1.54) is 22.5 Å². The van der Waals surface area contributed by atoms with Crippen molar-refractivity contribution in [3.63, 3.8) is 0 Å². The van der Waals surface area contributed by atoms with Gasteiger partial charge < -0.3 is 9.64 Å². The summed E-state index contributed by atoms with van der Waals surface area (Å²) in [7, 11) is -3.99. The number of carbonyl (C=O) groups excluding carboxylic acids is 1. The molecule has 1 saturated heterocycles. The number of piperazine rings is 1. The van der Waals surface area contributed by atoms with Crippen LogP contribution < -0.4 is 8.61 Å². The van der Waals surface area contributed by atoms with Gasteiger partial charge in [0, 0.05) is 39.3 Å². The quantitative estimate of drug-likeness (QED) is 0.675. The molecule has 2 aliphatic heterocycles. The molecule has 0 bridgehead atoms. The minimum absolute atomic E-state index is 0.00146. The summed E-state index contributed by atoms with van der Waals surface area (Å²) in [5, 5.41) is 0. The van der Waals surface area contributed by atoms with E-state index in [9.17, 15) is 17.6 Å². The van der Waals surface area contributed by atoms with Crippen LogP contribution in [0.15, 0.2) is 48.5 Å². The summed E-state index contributed by atoms with van der Waals surface area (Å²) in [6.07, 6.45) is -0.335.